The highest BCUT2D eigenvalue weighted by Gasteiger charge is 2.15. The summed E-state index contributed by atoms with van der Waals surface area (Å²) in [6, 6.07) is 2.89. The molecule has 3 rings (SSSR count). The summed E-state index contributed by atoms with van der Waals surface area (Å²) in [5, 5.41) is 7.96. The Morgan fingerprint density at radius 3 is 1.74 bits per heavy atom. The Balaban J connectivity index is 1.46. The van der Waals surface area contributed by atoms with Crippen molar-refractivity contribution in [1.82, 2.24) is 10.9 Å². The number of carbonyl (C=O) groups excluding carboxylic acids is 2. The molecule has 2 aliphatic carbocycles. The number of furan rings is 1. The van der Waals surface area contributed by atoms with E-state index in [1.54, 1.807) is 12.4 Å². The van der Waals surface area contributed by atoms with Crippen molar-refractivity contribution in [2.24, 2.45) is 22.0 Å². The highest BCUT2D eigenvalue weighted by atomic mass is 16.4. The predicted molar refractivity (Wildman–Crippen MR) is 104 cm³/mol. The number of nitrogens with one attached hydrogen (secondary N) is 2. The number of hydrazone groups is 2. The molecule has 2 amide bonds. The number of carbonyl (C=O) groups is 2. The van der Waals surface area contributed by atoms with Crippen LogP contribution in [-0.4, -0.2) is 24.2 Å². The van der Waals surface area contributed by atoms with Gasteiger partial charge in [0.1, 0.15) is 0 Å². The van der Waals surface area contributed by atoms with Crippen molar-refractivity contribution < 1.29 is 14.0 Å². The number of hydrogen-bond donors (Lipinski definition) is 2. The fraction of sp³-hybridized carbons (Fsp3) is 0.400. The molecule has 2 atom stereocenters. The minimum atomic E-state index is -0.492. The lowest BCUT2D eigenvalue weighted by atomic mass is 9.96. The minimum Gasteiger partial charge on any atom is -0.446 e. The third-order valence-electron chi connectivity index (χ3n) is 4.58. The van der Waals surface area contributed by atoms with Gasteiger partial charge in [-0.25, -0.2) is 10.9 Å². The van der Waals surface area contributed by atoms with Crippen LogP contribution < -0.4 is 10.9 Å². The highest BCUT2D eigenvalue weighted by molar-refractivity contribution is 5.95. The summed E-state index contributed by atoms with van der Waals surface area (Å²) in [4.78, 5) is 24.1. The molecule has 0 radical (unpaired) electrons. The molecule has 0 unspecified atom stereocenters. The molecule has 0 aliphatic heterocycles. The molecular formula is C20H24N4O3. The van der Waals surface area contributed by atoms with Crippen molar-refractivity contribution in [2.75, 3.05) is 0 Å². The van der Waals surface area contributed by atoms with Crippen molar-refractivity contribution in [3.05, 3.63) is 48.0 Å². The molecule has 2 aliphatic rings. The Hall–Kier alpha value is -2.96. The molecule has 2 N–H and O–H groups in total. The quantitative estimate of drug-likeness (QED) is 0.457. The van der Waals surface area contributed by atoms with Gasteiger partial charge in [-0.3, -0.25) is 9.59 Å². The SMILES string of the molecule is O=C(N/N=C\[C@H]1CC=CCC1)c1ccc(C(=O)N/N=C\[C@H]2CC=CCC2)o1. The van der Waals surface area contributed by atoms with Gasteiger partial charge in [-0.1, -0.05) is 24.3 Å². The molecule has 0 saturated carbocycles. The summed E-state index contributed by atoms with van der Waals surface area (Å²) < 4.78 is 5.30. The van der Waals surface area contributed by atoms with Crippen molar-refractivity contribution in [1.29, 1.82) is 0 Å². The second-order valence-electron chi connectivity index (χ2n) is 6.69. The van der Waals surface area contributed by atoms with E-state index in [1.165, 1.54) is 12.1 Å². The second kappa shape index (κ2) is 9.66. The first-order chi connectivity index (χ1) is 13.2. The van der Waals surface area contributed by atoms with Gasteiger partial charge in [0.15, 0.2) is 11.5 Å². The maximum absolute atomic E-state index is 12.0. The second-order valence-corrected chi connectivity index (χ2v) is 6.69. The smallest absolute Gasteiger partial charge is 0.307 e. The molecule has 142 valence electrons. The minimum absolute atomic E-state index is 0.0298. The summed E-state index contributed by atoms with van der Waals surface area (Å²) in [6.07, 6.45) is 18.0. The summed E-state index contributed by atoms with van der Waals surface area (Å²) in [7, 11) is 0. The Kier molecular flexibility index (Phi) is 6.73. The maximum Gasteiger partial charge on any atom is 0.307 e. The number of rotatable bonds is 6. The van der Waals surface area contributed by atoms with Crippen LogP contribution in [0, 0.1) is 11.8 Å². The first-order valence-corrected chi connectivity index (χ1v) is 9.29. The van der Waals surface area contributed by atoms with Crippen molar-refractivity contribution in [3.63, 3.8) is 0 Å². The average Bonchev–Trinajstić information content (AvgIpc) is 3.20. The highest BCUT2D eigenvalue weighted by Crippen LogP contribution is 2.16. The van der Waals surface area contributed by atoms with Crippen molar-refractivity contribution >= 4 is 24.2 Å². The molecule has 0 aromatic carbocycles. The van der Waals surface area contributed by atoms with Crippen molar-refractivity contribution in [2.45, 2.75) is 38.5 Å². The lowest BCUT2D eigenvalue weighted by Crippen LogP contribution is -2.19. The first-order valence-electron chi connectivity index (χ1n) is 9.29. The predicted octanol–water partition coefficient (Wildman–Crippen LogP) is 3.42. The van der Waals surface area contributed by atoms with Crippen LogP contribution >= 0.6 is 0 Å². The van der Waals surface area contributed by atoms with E-state index < -0.39 is 11.8 Å². The van der Waals surface area contributed by atoms with Gasteiger partial charge in [0.05, 0.1) is 0 Å². The maximum atomic E-state index is 12.0. The van der Waals surface area contributed by atoms with E-state index >= 15 is 0 Å². The van der Waals surface area contributed by atoms with Gasteiger partial charge in [0, 0.05) is 12.4 Å². The monoisotopic (exact) mass is 368 g/mol. The van der Waals surface area contributed by atoms with Crippen LogP contribution in [0.25, 0.3) is 0 Å². The van der Waals surface area contributed by atoms with E-state index in [-0.39, 0.29) is 11.5 Å². The van der Waals surface area contributed by atoms with Gasteiger partial charge >= 0.3 is 11.8 Å². The standard InChI is InChI=1S/C20H24N4O3/c25-19(23-21-13-15-7-3-1-4-8-15)17-11-12-18(27-17)20(26)24-22-14-16-9-5-2-6-10-16/h1-3,5,11-16H,4,6-10H2,(H,23,25)(H,24,26)/b21-13-,22-14-/t15-,16-/m0/s1. The van der Waals surface area contributed by atoms with Gasteiger partial charge < -0.3 is 4.42 Å². The Morgan fingerprint density at radius 1 is 0.852 bits per heavy atom. The molecule has 7 nitrogen and oxygen atoms in total. The van der Waals surface area contributed by atoms with Gasteiger partial charge in [0.25, 0.3) is 0 Å². The van der Waals surface area contributed by atoms with E-state index in [4.69, 9.17) is 4.42 Å². The van der Waals surface area contributed by atoms with E-state index in [0.29, 0.717) is 11.8 Å². The van der Waals surface area contributed by atoms with Gasteiger partial charge in [-0.05, 0) is 62.5 Å². The van der Waals surface area contributed by atoms with Crippen LogP contribution in [0.1, 0.15) is 59.6 Å². The Morgan fingerprint density at radius 2 is 1.33 bits per heavy atom. The zero-order valence-electron chi connectivity index (χ0n) is 15.1. The lowest BCUT2D eigenvalue weighted by Gasteiger charge is -2.11. The van der Waals surface area contributed by atoms with E-state index in [1.807, 2.05) is 0 Å². The fourth-order valence-electron chi connectivity index (χ4n) is 3.00. The van der Waals surface area contributed by atoms with E-state index in [0.717, 1.165) is 38.5 Å². The normalized spacial score (nSPS) is 22.4. The number of nitrogens with zero attached hydrogens (tertiary/aromatic N) is 2. The largest absolute Gasteiger partial charge is 0.446 e. The topological polar surface area (TPSA) is 96.1 Å². The molecule has 0 spiro atoms. The van der Waals surface area contributed by atoms with Crippen LogP contribution in [-0.2, 0) is 0 Å². The summed E-state index contributed by atoms with van der Waals surface area (Å²) in [5.74, 6) is -0.246. The average molecular weight is 368 g/mol. The third-order valence-corrected chi connectivity index (χ3v) is 4.58. The molecule has 7 heteroatoms. The molecule has 0 fully saturated rings. The number of amides is 2. The number of allylic oxidation sites excluding steroid dienone is 4. The fourth-order valence-corrected chi connectivity index (χ4v) is 3.00. The van der Waals surface area contributed by atoms with Crippen molar-refractivity contribution in [3.8, 4) is 0 Å². The molecule has 1 aromatic rings. The van der Waals surface area contributed by atoms with Crippen LogP contribution in [0.2, 0.25) is 0 Å². The van der Waals surface area contributed by atoms with Gasteiger partial charge in [-0.15, -0.1) is 0 Å². The zero-order valence-corrected chi connectivity index (χ0v) is 15.1. The van der Waals surface area contributed by atoms with E-state index in [2.05, 4.69) is 45.4 Å². The molecule has 1 aromatic heterocycles. The summed E-state index contributed by atoms with van der Waals surface area (Å²) in [6.45, 7) is 0. The molecule has 1 heterocycles. The molecular weight excluding hydrogens is 344 g/mol. The van der Waals surface area contributed by atoms with Crippen LogP contribution in [0.3, 0.4) is 0 Å². The zero-order chi connectivity index (χ0) is 18.9. The Bertz CT molecular complexity index is 713. The molecule has 0 saturated heterocycles. The van der Waals surface area contributed by atoms with Crippen LogP contribution in [0.15, 0.2) is 51.1 Å². The Labute approximate surface area is 158 Å². The van der Waals surface area contributed by atoms with Gasteiger partial charge in [-0.2, -0.15) is 10.2 Å². The lowest BCUT2D eigenvalue weighted by molar-refractivity contribution is 0.0902. The van der Waals surface area contributed by atoms with Gasteiger partial charge in [0.2, 0.25) is 0 Å². The number of hydrogen-bond acceptors (Lipinski definition) is 5. The van der Waals surface area contributed by atoms with E-state index in [9.17, 15) is 9.59 Å². The summed E-state index contributed by atoms with van der Waals surface area (Å²) >= 11 is 0. The van der Waals surface area contributed by atoms with Crippen LogP contribution in [0.4, 0.5) is 0 Å². The summed E-state index contributed by atoms with van der Waals surface area (Å²) in [5.41, 5.74) is 4.86. The molecule has 27 heavy (non-hydrogen) atoms. The third kappa shape index (κ3) is 5.77. The molecule has 0 bridgehead atoms. The first kappa shape index (κ1) is 18.8. The van der Waals surface area contributed by atoms with Crippen LogP contribution in [0.5, 0.6) is 0 Å².